The average Bonchev–Trinajstić information content (AvgIpc) is 2.85. The normalized spacial score (nSPS) is 24.9. The van der Waals surface area contributed by atoms with Gasteiger partial charge in [-0.25, -0.2) is 4.39 Å². The summed E-state index contributed by atoms with van der Waals surface area (Å²) in [7, 11) is 0. The Morgan fingerprint density at radius 1 is 1.10 bits per heavy atom. The molecule has 2 aliphatic heterocycles. The molecule has 2 aliphatic rings. The Labute approximate surface area is 120 Å². The molecule has 1 aromatic carbocycles. The lowest BCUT2D eigenvalue weighted by Gasteiger charge is -2.24. The standard InChI is InChI=1S/C16H23FN2O/c17-15-2-4-16(5-3-15)19-8-1-7-18(9-10-19)12-14-6-11-20-13-14/h2-5,14H,1,6-13H2/t14-/m1/s1. The molecule has 4 heteroatoms. The Morgan fingerprint density at radius 3 is 2.70 bits per heavy atom. The predicted molar refractivity (Wildman–Crippen MR) is 78.6 cm³/mol. The summed E-state index contributed by atoms with van der Waals surface area (Å²) in [5.41, 5.74) is 1.14. The Morgan fingerprint density at radius 2 is 1.95 bits per heavy atom. The Kier molecular flexibility index (Phi) is 4.53. The molecule has 0 saturated carbocycles. The number of halogens is 1. The molecule has 0 bridgehead atoms. The molecular weight excluding hydrogens is 255 g/mol. The molecule has 1 aromatic rings. The van der Waals surface area contributed by atoms with Crippen LogP contribution in [0.25, 0.3) is 0 Å². The minimum absolute atomic E-state index is 0.161. The summed E-state index contributed by atoms with van der Waals surface area (Å²) in [5.74, 6) is 0.554. The van der Waals surface area contributed by atoms with Crippen molar-refractivity contribution in [1.29, 1.82) is 0 Å². The summed E-state index contributed by atoms with van der Waals surface area (Å²) in [4.78, 5) is 4.92. The van der Waals surface area contributed by atoms with Crippen molar-refractivity contribution < 1.29 is 9.13 Å². The lowest BCUT2D eigenvalue weighted by molar-refractivity contribution is 0.169. The van der Waals surface area contributed by atoms with Crippen molar-refractivity contribution >= 4 is 5.69 Å². The van der Waals surface area contributed by atoms with Gasteiger partial charge in [0.15, 0.2) is 0 Å². The highest BCUT2D eigenvalue weighted by atomic mass is 19.1. The van der Waals surface area contributed by atoms with E-state index in [-0.39, 0.29) is 5.82 Å². The number of benzene rings is 1. The zero-order valence-electron chi connectivity index (χ0n) is 11.9. The van der Waals surface area contributed by atoms with Gasteiger partial charge in [0.05, 0.1) is 6.61 Å². The first kappa shape index (κ1) is 13.8. The molecule has 2 saturated heterocycles. The number of rotatable bonds is 3. The highest BCUT2D eigenvalue weighted by molar-refractivity contribution is 5.46. The third-order valence-electron chi connectivity index (χ3n) is 4.32. The van der Waals surface area contributed by atoms with Gasteiger partial charge < -0.3 is 14.5 Å². The van der Waals surface area contributed by atoms with Crippen LogP contribution in [0.3, 0.4) is 0 Å². The van der Waals surface area contributed by atoms with E-state index < -0.39 is 0 Å². The van der Waals surface area contributed by atoms with Crippen LogP contribution in [-0.4, -0.2) is 50.8 Å². The highest BCUT2D eigenvalue weighted by Gasteiger charge is 2.21. The summed E-state index contributed by atoms with van der Waals surface area (Å²) >= 11 is 0. The zero-order valence-corrected chi connectivity index (χ0v) is 11.9. The van der Waals surface area contributed by atoms with E-state index in [1.54, 1.807) is 12.1 Å². The van der Waals surface area contributed by atoms with Crippen molar-refractivity contribution in [2.45, 2.75) is 12.8 Å². The molecule has 0 aliphatic carbocycles. The smallest absolute Gasteiger partial charge is 0.123 e. The van der Waals surface area contributed by atoms with E-state index in [1.807, 2.05) is 12.1 Å². The topological polar surface area (TPSA) is 15.7 Å². The highest BCUT2D eigenvalue weighted by Crippen LogP contribution is 2.19. The summed E-state index contributed by atoms with van der Waals surface area (Å²) in [5, 5.41) is 0. The van der Waals surface area contributed by atoms with E-state index >= 15 is 0 Å². The van der Waals surface area contributed by atoms with Gasteiger partial charge in [0, 0.05) is 38.5 Å². The van der Waals surface area contributed by atoms with Gasteiger partial charge in [-0.05, 0) is 49.6 Å². The van der Waals surface area contributed by atoms with Crippen molar-refractivity contribution in [3.05, 3.63) is 30.1 Å². The SMILES string of the molecule is Fc1ccc(N2CCCN(C[C@H]3CCOC3)CC2)cc1. The Bertz CT molecular complexity index is 417. The molecule has 20 heavy (non-hydrogen) atoms. The van der Waals surface area contributed by atoms with Gasteiger partial charge in [0.25, 0.3) is 0 Å². The summed E-state index contributed by atoms with van der Waals surface area (Å²) in [6.45, 7) is 7.36. The first-order valence-electron chi connectivity index (χ1n) is 7.62. The van der Waals surface area contributed by atoms with Gasteiger partial charge in [-0.2, -0.15) is 0 Å². The zero-order chi connectivity index (χ0) is 13.8. The predicted octanol–water partition coefficient (Wildman–Crippen LogP) is 2.37. The van der Waals surface area contributed by atoms with E-state index in [0.29, 0.717) is 5.92 Å². The van der Waals surface area contributed by atoms with E-state index in [4.69, 9.17) is 4.74 Å². The molecule has 1 atom stereocenters. The summed E-state index contributed by atoms with van der Waals surface area (Å²) < 4.78 is 18.4. The molecule has 0 spiro atoms. The van der Waals surface area contributed by atoms with E-state index in [2.05, 4.69) is 9.80 Å². The van der Waals surface area contributed by atoms with Crippen LogP contribution in [0.5, 0.6) is 0 Å². The van der Waals surface area contributed by atoms with Crippen LogP contribution in [-0.2, 0) is 4.74 Å². The van der Waals surface area contributed by atoms with Gasteiger partial charge >= 0.3 is 0 Å². The van der Waals surface area contributed by atoms with Crippen molar-refractivity contribution in [2.75, 3.05) is 50.8 Å². The third-order valence-corrected chi connectivity index (χ3v) is 4.32. The number of hydrogen-bond acceptors (Lipinski definition) is 3. The maximum atomic E-state index is 13.0. The molecule has 2 heterocycles. The first-order valence-corrected chi connectivity index (χ1v) is 7.62. The third kappa shape index (κ3) is 3.49. The monoisotopic (exact) mass is 278 g/mol. The molecule has 0 N–H and O–H groups in total. The second-order valence-corrected chi connectivity index (χ2v) is 5.85. The van der Waals surface area contributed by atoms with Gasteiger partial charge in [-0.3, -0.25) is 0 Å². The average molecular weight is 278 g/mol. The van der Waals surface area contributed by atoms with Crippen LogP contribution in [0.1, 0.15) is 12.8 Å². The van der Waals surface area contributed by atoms with Crippen LogP contribution in [0.15, 0.2) is 24.3 Å². The fraction of sp³-hybridized carbons (Fsp3) is 0.625. The maximum absolute atomic E-state index is 13.0. The van der Waals surface area contributed by atoms with Gasteiger partial charge in [0.1, 0.15) is 5.82 Å². The molecular formula is C16H23FN2O. The minimum atomic E-state index is -0.161. The first-order chi connectivity index (χ1) is 9.81. The minimum Gasteiger partial charge on any atom is -0.381 e. The molecule has 2 fully saturated rings. The molecule has 0 amide bonds. The quantitative estimate of drug-likeness (QED) is 0.844. The molecule has 0 unspecified atom stereocenters. The second-order valence-electron chi connectivity index (χ2n) is 5.85. The van der Waals surface area contributed by atoms with Crippen LogP contribution in [0.4, 0.5) is 10.1 Å². The number of ether oxygens (including phenoxy) is 1. The molecule has 110 valence electrons. The van der Waals surface area contributed by atoms with Crippen molar-refractivity contribution in [1.82, 2.24) is 4.90 Å². The van der Waals surface area contributed by atoms with Crippen molar-refractivity contribution in [2.24, 2.45) is 5.92 Å². The van der Waals surface area contributed by atoms with Gasteiger partial charge in [0.2, 0.25) is 0 Å². The molecule has 3 rings (SSSR count). The fourth-order valence-electron chi connectivity index (χ4n) is 3.16. The maximum Gasteiger partial charge on any atom is 0.123 e. The van der Waals surface area contributed by atoms with Crippen molar-refractivity contribution in [3.63, 3.8) is 0 Å². The summed E-state index contributed by atoms with van der Waals surface area (Å²) in [6.07, 6.45) is 2.38. The Hall–Kier alpha value is -1.13. The van der Waals surface area contributed by atoms with Crippen LogP contribution < -0.4 is 4.90 Å². The van der Waals surface area contributed by atoms with Crippen molar-refractivity contribution in [3.8, 4) is 0 Å². The number of anilines is 1. The number of hydrogen-bond donors (Lipinski definition) is 0. The molecule has 0 radical (unpaired) electrons. The van der Waals surface area contributed by atoms with E-state index in [1.165, 1.54) is 12.8 Å². The van der Waals surface area contributed by atoms with E-state index in [9.17, 15) is 4.39 Å². The van der Waals surface area contributed by atoms with E-state index in [0.717, 1.165) is 51.6 Å². The van der Waals surface area contributed by atoms with Crippen LogP contribution >= 0.6 is 0 Å². The molecule has 0 aromatic heterocycles. The number of nitrogens with zero attached hydrogens (tertiary/aromatic N) is 2. The molecule has 3 nitrogen and oxygen atoms in total. The van der Waals surface area contributed by atoms with Gasteiger partial charge in [-0.1, -0.05) is 0 Å². The lowest BCUT2D eigenvalue weighted by Crippen LogP contribution is -2.34. The largest absolute Gasteiger partial charge is 0.381 e. The second kappa shape index (κ2) is 6.55. The lowest BCUT2D eigenvalue weighted by atomic mass is 10.1. The van der Waals surface area contributed by atoms with Crippen LogP contribution in [0, 0.1) is 11.7 Å². The summed E-state index contributed by atoms with van der Waals surface area (Å²) in [6, 6.07) is 6.87. The van der Waals surface area contributed by atoms with Crippen LogP contribution in [0.2, 0.25) is 0 Å². The Balaban J connectivity index is 1.54. The van der Waals surface area contributed by atoms with Gasteiger partial charge in [-0.15, -0.1) is 0 Å². The fourth-order valence-corrected chi connectivity index (χ4v) is 3.16.